The minimum atomic E-state index is -2.12. The summed E-state index contributed by atoms with van der Waals surface area (Å²) in [5.41, 5.74) is 0.239. The summed E-state index contributed by atoms with van der Waals surface area (Å²) in [5, 5.41) is 11.8. The zero-order valence-electron chi connectivity index (χ0n) is 14.5. The first kappa shape index (κ1) is 18.2. The standard InChI is InChI=1S/C21H19O4P/c1-21(20(22)23,15-26(24)25-14-16-7-3-2-4-8-16)19-12-11-17-9-5-6-10-18(17)13-19/h2-13H,14-15H2,1H3/p+1. The molecule has 3 aromatic rings. The van der Waals surface area contributed by atoms with Crippen LogP contribution in [-0.4, -0.2) is 17.2 Å². The van der Waals surface area contributed by atoms with E-state index in [0.717, 1.165) is 16.3 Å². The second-order valence-corrected chi connectivity index (χ2v) is 7.69. The van der Waals surface area contributed by atoms with Crippen molar-refractivity contribution in [2.45, 2.75) is 18.9 Å². The van der Waals surface area contributed by atoms with Gasteiger partial charge in [0, 0.05) is 0 Å². The highest BCUT2D eigenvalue weighted by molar-refractivity contribution is 7.39. The van der Waals surface area contributed by atoms with Crippen LogP contribution in [-0.2, 0) is 25.9 Å². The van der Waals surface area contributed by atoms with Crippen molar-refractivity contribution < 1.29 is 19.0 Å². The Kier molecular flexibility index (Phi) is 5.46. The summed E-state index contributed by atoms with van der Waals surface area (Å²) in [5.74, 6) is -1.01. The number of aliphatic carboxylic acids is 1. The van der Waals surface area contributed by atoms with Crippen LogP contribution in [0, 0.1) is 0 Å². The lowest BCUT2D eigenvalue weighted by molar-refractivity contribution is -0.142. The topological polar surface area (TPSA) is 63.6 Å². The van der Waals surface area contributed by atoms with E-state index in [2.05, 4.69) is 0 Å². The Labute approximate surface area is 153 Å². The van der Waals surface area contributed by atoms with Crippen LogP contribution in [0.15, 0.2) is 72.8 Å². The van der Waals surface area contributed by atoms with Gasteiger partial charge in [0.25, 0.3) is 0 Å². The van der Waals surface area contributed by atoms with Gasteiger partial charge in [0.05, 0.1) is 0 Å². The lowest BCUT2D eigenvalue weighted by atomic mass is 9.83. The Morgan fingerprint density at radius 3 is 2.35 bits per heavy atom. The first-order chi connectivity index (χ1) is 12.5. The van der Waals surface area contributed by atoms with E-state index in [0.29, 0.717) is 5.56 Å². The van der Waals surface area contributed by atoms with Crippen LogP contribution >= 0.6 is 8.03 Å². The van der Waals surface area contributed by atoms with Crippen LogP contribution in [0.4, 0.5) is 0 Å². The zero-order chi connectivity index (χ0) is 18.6. The maximum absolute atomic E-state index is 12.4. The second kappa shape index (κ2) is 7.77. The molecule has 0 aliphatic rings. The van der Waals surface area contributed by atoms with Gasteiger partial charge in [0.1, 0.15) is 12.0 Å². The smallest absolute Gasteiger partial charge is 0.480 e. The average molecular weight is 367 g/mol. The van der Waals surface area contributed by atoms with Crippen molar-refractivity contribution in [2.75, 3.05) is 6.16 Å². The summed E-state index contributed by atoms with van der Waals surface area (Å²) in [7, 11) is -2.12. The fourth-order valence-corrected chi connectivity index (χ4v) is 4.06. The summed E-state index contributed by atoms with van der Waals surface area (Å²) in [6, 6.07) is 22.7. The Bertz CT molecular complexity index is 939. The van der Waals surface area contributed by atoms with Gasteiger partial charge in [0.2, 0.25) is 0 Å². The van der Waals surface area contributed by atoms with Crippen molar-refractivity contribution >= 4 is 24.8 Å². The summed E-state index contributed by atoms with van der Waals surface area (Å²) in [6.07, 6.45) is -0.0805. The monoisotopic (exact) mass is 367 g/mol. The molecule has 4 nitrogen and oxygen atoms in total. The number of carboxylic acid groups (broad SMARTS) is 1. The molecule has 2 unspecified atom stereocenters. The maximum Gasteiger partial charge on any atom is 0.509 e. The number of benzene rings is 3. The van der Waals surface area contributed by atoms with Gasteiger partial charge in [-0.05, 0) is 39.5 Å². The molecule has 1 N–H and O–H groups in total. The molecular weight excluding hydrogens is 347 g/mol. The summed E-state index contributed by atoms with van der Waals surface area (Å²) in [4.78, 5) is 12.0. The van der Waals surface area contributed by atoms with Crippen molar-refractivity contribution in [3.05, 3.63) is 83.9 Å². The van der Waals surface area contributed by atoms with Gasteiger partial charge in [-0.1, -0.05) is 66.7 Å². The van der Waals surface area contributed by atoms with E-state index < -0.39 is 19.4 Å². The maximum atomic E-state index is 12.4. The SMILES string of the molecule is CC(C[P+](=O)OCc1ccccc1)(C(=O)O)c1ccc2ccccc2c1. The van der Waals surface area contributed by atoms with E-state index in [1.54, 1.807) is 13.0 Å². The summed E-state index contributed by atoms with van der Waals surface area (Å²) >= 11 is 0. The van der Waals surface area contributed by atoms with Crippen molar-refractivity contribution in [3.63, 3.8) is 0 Å². The fraction of sp³-hybridized carbons (Fsp3) is 0.190. The minimum Gasteiger partial charge on any atom is -0.480 e. The van der Waals surface area contributed by atoms with Crippen molar-refractivity contribution in [2.24, 2.45) is 0 Å². The van der Waals surface area contributed by atoms with Crippen LogP contribution in [0.2, 0.25) is 0 Å². The molecule has 0 amide bonds. The van der Waals surface area contributed by atoms with Crippen LogP contribution in [0.25, 0.3) is 10.8 Å². The van der Waals surface area contributed by atoms with Gasteiger partial charge in [-0.2, -0.15) is 0 Å². The molecular formula is C21H20O4P+. The highest BCUT2D eigenvalue weighted by atomic mass is 31.1. The molecule has 132 valence electrons. The van der Waals surface area contributed by atoms with E-state index in [1.165, 1.54) is 0 Å². The third-order valence-corrected chi connectivity index (χ3v) is 5.83. The Balaban J connectivity index is 1.80. The molecule has 2 atom stereocenters. The molecule has 0 aromatic heterocycles. The van der Waals surface area contributed by atoms with E-state index in [9.17, 15) is 14.5 Å². The van der Waals surface area contributed by atoms with E-state index in [-0.39, 0.29) is 12.8 Å². The van der Waals surface area contributed by atoms with Crippen molar-refractivity contribution in [1.82, 2.24) is 0 Å². The third-order valence-electron chi connectivity index (χ3n) is 4.52. The number of hydrogen-bond acceptors (Lipinski definition) is 3. The van der Waals surface area contributed by atoms with Crippen molar-refractivity contribution in [1.29, 1.82) is 0 Å². The number of hydrogen-bond donors (Lipinski definition) is 1. The number of carboxylic acids is 1. The fourth-order valence-electron chi connectivity index (χ4n) is 2.84. The highest BCUT2D eigenvalue weighted by Gasteiger charge is 2.44. The first-order valence-corrected chi connectivity index (χ1v) is 9.69. The van der Waals surface area contributed by atoms with Crippen LogP contribution in [0.3, 0.4) is 0 Å². The summed E-state index contributed by atoms with van der Waals surface area (Å²) < 4.78 is 17.9. The molecule has 0 aliphatic heterocycles. The zero-order valence-corrected chi connectivity index (χ0v) is 15.4. The molecule has 0 bridgehead atoms. The predicted octanol–water partition coefficient (Wildman–Crippen LogP) is 5.14. The Morgan fingerprint density at radius 2 is 1.65 bits per heavy atom. The normalized spacial score (nSPS) is 14.0. The molecule has 0 saturated heterocycles. The van der Waals surface area contributed by atoms with Crippen molar-refractivity contribution in [3.8, 4) is 0 Å². The molecule has 3 aromatic carbocycles. The molecule has 0 radical (unpaired) electrons. The molecule has 26 heavy (non-hydrogen) atoms. The molecule has 0 aliphatic carbocycles. The Morgan fingerprint density at radius 1 is 1.00 bits per heavy atom. The lowest BCUT2D eigenvalue weighted by Gasteiger charge is -2.20. The van der Waals surface area contributed by atoms with Gasteiger partial charge >= 0.3 is 14.0 Å². The van der Waals surface area contributed by atoms with E-state index in [4.69, 9.17) is 4.52 Å². The second-order valence-electron chi connectivity index (χ2n) is 6.45. The first-order valence-electron chi connectivity index (χ1n) is 8.33. The van der Waals surface area contributed by atoms with E-state index in [1.807, 2.05) is 66.7 Å². The highest BCUT2D eigenvalue weighted by Crippen LogP contribution is 2.37. The van der Waals surface area contributed by atoms with Gasteiger partial charge in [-0.15, -0.1) is 4.52 Å². The Hall–Kier alpha value is -2.55. The van der Waals surface area contributed by atoms with Gasteiger partial charge < -0.3 is 5.11 Å². The molecule has 0 fully saturated rings. The van der Waals surface area contributed by atoms with Crippen LogP contribution in [0.1, 0.15) is 18.1 Å². The lowest BCUT2D eigenvalue weighted by Crippen LogP contribution is -2.35. The quantitative estimate of drug-likeness (QED) is 0.587. The van der Waals surface area contributed by atoms with Gasteiger partial charge in [0.15, 0.2) is 6.16 Å². The molecule has 0 spiro atoms. The number of carbonyl (C=O) groups is 1. The summed E-state index contributed by atoms with van der Waals surface area (Å²) in [6.45, 7) is 1.79. The van der Waals surface area contributed by atoms with Gasteiger partial charge in [-0.3, -0.25) is 4.79 Å². The van der Waals surface area contributed by atoms with E-state index >= 15 is 0 Å². The molecule has 0 heterocycles. The number of rotatable bonds is 7. The third kappa shape index (κ3) is 3.98. The largest absolute Gasteiger partial charge is 0.509 e. The van der Waals surface area contributed by atoms with Gasteiger partial charge in [-0.25, -0.2) is 0 Å². The average Bonchev–Trinajstić information content (AvgIpc) is 2.66. The predicted molar refractivity (Wildman–Crippen MR) is 103 cm³/mol. The van der Waals surface area contributed by atoms with Crippen LogP contribution in [0.5, 0.6) is 0 Å². The number of fused-ring (bicyclic) bond motifs is 1. The molecule has 3 rings (SSSR count). The minimum absolute atomic E-state index is 0.0805. The molecule has 0 saturated carbocycles. The molecule has 5 heteroatoms. The van der Waals surface area contributed by atoms with Crippen LogP contribution < -0.4 is 0 Å².